The lowest BCUT2D eigenvalue weighted by Gasteiger charge is -2.22. The minimum absolute atomic E-state index is 0.0382. The Bertz CT molecular complexity index is 388. The Kier molecular flexibility index (Phi) is 6.72. The van der Waals surface area contributed by atoms with Crippen LogP contribution >= 0.6 is 11.8 Å². The first kappa shape index (κ1) is 15.8. The third kappa shape index (κ3) is 4.43. The van der Waals surface area contributed by atoms with Gasteiger partial charge in [-0.2, -0.15) is 16.7 Å². The summed E-state index contributed by atoms with van der Waals surface area (Å²) >= 11 is 1.59. The van der Waals surface area contributed by atoms with E-state index < -0.39 is 0 Å². The SMILES string of the molecule is CCCOc1ncnc(NC(C)C(CO)SC)c1N. The molecule has 0 aliphatic heterocycles. The smallest absolute Gasteiger partial charge is 0.242 e. The standard InChI is InChI=1S/C12H22N4O2S/c1-4-5-18-12-10(13)11(14-7-15-12)16-8(2)9(6-17)19-3/h7-9,17H,4-6,13H2,1-3H3,(H,14,15,16). The van der Waals surface area contributed by atoms with Gasteiger partial charge in [0.15, 0.2) is 5.82 Å². The molecule has 2 unspecified atom stereocenters. The van der Waals surface area contributed by atoms with E-state index in [9.17, 15) is 5.11 Å². The molecular weight excluding hydrogens is 264 g/mol. The number of nitrogens with one attached hydrogen (secondary N) is 1. The van der Waals surface area contributed by atoms with Crippen LogP contribution < -0.4 is 15.8 Å². The van der Waals surface area contributed by atoms with Gasteiger partial charge < -0.3 is 20.9 Å². The van der Waals surface area contributed by atoms with Gasteiger partial charge in [-0.3, -0.25) is 0 Å². The van der Waals surface area contributed by atoms with E-state index in [-0.39, 0.29) is 17.9 Å². The molecule has 0 spiro atoms. The molecular formula is C12H22N4O2S. The predicted octanol–water partition coefficient (Wildman–Crippen LogP) is 1.37. The normalized spacial score (nSPS) is 13.9. The first-order chi connectivity index (χ1) is 9.13. The van der Waals surface area contributed by atoms with Gasteiger partial charge in [-0.25, -0.2) is 4.98 Å². The highest BCUT2D eigenvalue weighted by molar-refractivity contribution is 7.99. The first-order valence-electron chi connectivity index (χ1n) is 6.27. The third-order valence-electron chi connectivity index (χ3n) is 2.70. The topological polar surface area (TPSA) is 93.3 Å². The van der Waals surface area contributed by atoms with E-state index in [2.05, 4.69) is 15.3 Å². The van der Waals surface area contributed by atoms with Crippen LogP contribution in [0.1, 0.15) is 20.3 Å². The molecule has 1 rings (SSSR count). The molecule has 7 heteroatoms. The van der Waals surface area contributed by atoms with E-state index in [0.717, 1.165) is 6.42 Å². The number of nitrogen functional groups attached to an aromatic ring is 1. The maximum absolute atomic E-state index is 9.26. The summed E-state index contributed by atoms with van der Waals surface area (Å²) in [6.07, 6.45) is 4.27. The molecule has 0 fully saturated rings. The van der Waals surface area contributed by atoms with Crippen molar-refractivity contribution in [3.63, 3.8) is 0 Å². The molecule has 0 saturated carbocycles. The summed E-state index contributed by atoms with van der Waals surface area (Å²) in [5.74, 6) is 0.942. The van der Waals surface area contributed by atoms with Crippen molar-refractivity contribution >= 4 is 23.3 Å². The average molecular weight is 286 g/mol. The molecule has 0 aromatic carbocycles. The molecule has 2 atom stereocenters. The summed E-state index contributed by atoms with van der Waals surface area (Å²) in [5, 5.41) is 12.5. The monoisotopic (exact) mass is 286 g/mol. The molecule has 108 valence electrons. The fraction of sp³-hybridized carbons (Fsp3) is 0.667. The molecule has 6 nitrogen and oxygen atoms in total. The van der Waals surface area contributed by atoms with Gasteiger partial charge >= 0.3 is 0 Å². The molecule has 1 aromatic heterocycles. The van der Waals surface area contributed by atoms with E-state index in [1.807, 2.05) is 20.1 Å². The highest BCUT2D eigenvalue weighted by atomic mass is 32.2. The van der Waals surface area contributed by atoms with Gasteiger partial charge in [-0.15, -0.1) is 0 Å². The lowest BCUT2D eigenvalue weighted by Crippen LogP contribution is -2.31. The zero-order chi connectivity index (χ0) is 14.3. The van der Waals surface area contributed by atoms with E-state index in [1.165, 1.54) is 6.33 Å². The van der Waals surface area contributed by atoms with E-state index in [0.29, 0.717) is 24.0 Å². The molecule has 0 saturated heterocycles. The predicted molar refractivity (Wildman–Crippen MR) is 79.7 cm³/mol. The molecule has 0 aliphatic carbocycles. The van der Waals surface area contributed by atoms with Gasteiger partial charge in [-0.1, -0.05) is 6.92 Å². The van der Waals surface area contributed by atoms with Crippen molar-refractivity contribution in [3.8, 4) is 5.88 Å². The Balaban J connectivity index is 2.78. The molecule has 19 heavy (non-hydrogen) atoms. The Morgan fingerprint density at radius 2 is 2.26 bits per heavy atom. The van der Waals surface area contributed by atoms with Crippen LogP contribution in [0.25, 0.3) is 0 Å². The molecule has 1 aromatic rings. The van der Waals surface area contributed by atoms with Crippen molar-refractivity contribution in [3.05, 3.63) is 6.33 Å². The Hall–Kier alpha value is -1.21. The van der Waals surface area contributed by atoms with Crippen molar-refractivity contribution in [2.24, 2.45) is 0 Å². The molecule has 0 amide bonds. The average Bonchev–Trinajstić information content (AvgIpc) is 2.41. The number of rotatable bonds is 8. The number of thioether (sulfide) groups is 1. The highest BCUT2D eigenvalue weighted by Crippen LogP contribution is 2.26. The highest BCUT2D eigenvalue weighted by Gasteiger charge is 2.18. The number of hydrogen-bond acceptors (Lipinski definition) is 7. The van der Waals surface area contributed by atoms with Crippen LogP contribution in [-0.4, -0.2) is 45.8 Å². The summed E-state index contributed by atoms with van der Waals surface area (Å²) in [4.78, 5) is 8.14. The second kappa shape index (κ2) is 8.06. The molecule has 1 heterocycles. The number of aromatic nitrogens is 2. The fourth-order valence-electron chi connectivity index (χ4n) is 1.55. The van der Waals surface area contributed by atoms with Gasteiger partial charge in [0.2, 0.25) is 5.88 Å². The van der Waals surface area contributed by atoms with Crippen molar-refractivity contribution in [2.45, 2.75) is 31.6 Å². The zero-order valence-electron chi connectivity index (χ0n) is 11.6. The maximum atomic E-state index is 9.26. The minimum Gasteiger partial charge on any atom is -0.476 e. The van der Waals surface area contributed by atoms with Crippen molar-refractivity contribution in [1.82, 2.24) is 9.97 Å². The van der Waals surface area contributed by atoms with Gasteiger partial charge in [0, 0.05) is 11.3 Å². The number of nitrogens with zero attached hydrogens (tertiary/aromatic N) is 2. The number of anilines is 2. The fourth-order valence-corrected chi connectivity index (χ4v) is 2.18. The molecule has 0 radical (unpaired) electrons. The van der Waals surface area contributed by atoms with Gasteiger partial charge in [0.1, 0.15) is 12.0 Å². The Morgan fingerprint density at radius 3 is 2.84 bits per heavy atom. The molecule has 0 bridgehead atoms. The number of hydrogen-bond donors (Lipinski definition) is 3. The second-order valence-electron chi connectivity index (χ2n) is 4.18. The van der Waals surface area contributed by atoms with Crippen LogP contribution in [0.5, 0.6) is 5.88 Å². The summed E-state index contributed by atoms with van der Waals surface area (Å²) in [6.45, 7) is 4.66. The number of aliphatic hydroxyl groups is 1. The van der Waals surface area contributed by atoms with Gasteiger partial charge in [0.25, 0.3) is 0 Å². The minimum atomic E-state index is 0.0382. The second-order valence-corrected chi connectivity index (χ2v) is 5.26. The first-order valence-corrected chi connectivity index (χ1v) is 7.56. The largest absolute Gasteiger partial charge is 0.476 e. The van der Waals surface area contributed by atoms with E-state index in [4.69, 9.17) is 10.5 Å². The molecule has 0 aliphatic rings. The summed E-state index contributed by atoms with van der Waals surface area (Å²) in [5.41, 5.74) is 6.38. The van der Waals surface area contributed by atoms with Crippen molar-refractivity contribution in [1.29, 1.82) is 0 Å². The summed E-state index contributed by atoms with van der Waals surface area (Å²) in [7, 11) is 0. The third-order valence-corrected chi connectivity index (χ3v) is 3.86. The Morgan fingerprint density at radius 1 is 1.53 bits per heavy atom. The van der Waals surface area contributed by atoms with Crippen LogP contribution in [-0.2, 0) is 0 Å². The van der Waals surface area contributed by atoms with Crippen molar-refractivity contribution in [2.75, 3.05) is 30.5 Å². The van der Waals surface area contributed by atoms with Crippen LogP contribution in [0.2, 0.25) is 0 Å². The van der Waals surface area contributed by atoms with Gasteiger partial charge in [-0.05, 0) is 19.6 Å². The number of aliphatic hydroxyl groups excluding tert-OH is 1. The van der Waals surface area contributed by atoms with Crippen LogP contribution in [0.15, 0.2) is 6.33 Å². The summed E-state index contributed by atoms with van der Waals surface area (Å²) in [6, 6.07) is 0.0382. The lowest BCUT2D eigenvalue weighted by atomic mass is 10.2. The van der Waals surface area contributed by atoms with Gasteiger partial charge in [0.05, 0.1) is 13.2 Å². The lowest BCUT2D eigenvalue weighted by molar-refractivity contribution is 0.288. The summed E-state index contributed by atoms with van der Waals surface area (Å²) < 4.78 is 5.45. The maximum Gasteiger partial charge on any atom is 0.242 e. The quantitative estimate of drug-likeness (QED) is 0.664. The van der Waals surface area contributed by atoms with Crippen LogP contribution in [0.3, 0.4) is 0 Å². The molecule has 4 N–H and O–H groups in total. The zero-order valence-corrected chi connectivity index (χ0v) is 12.4. The van der Waals surface area contributed by atoms with E-state index in [1.54, 1.807) is 11.8 Å². The van der Waals surface area contributed by atoms with Crippen molar-refractivity contribution < 1.29 is 9.84 Å². The Labute approximate surface area is 118 Å². The van der Waals surface area contributed by atoms with Crippen LogP contribution in [0, 0.1) is 0 Å². The van der Waals surface area contributed by atoms with E-state index >= 15 is 0 Å². The number of ether oxygens (including phenoxy) is 1. The van der Waals surface area contributed by atoms with Crippen LogP contribution in [0.4, 0.5) is 11.5 Å². The number of nitrogens with two attached hydrogens (primary N) is 1.